The number of nitrogens with one attached hydrogen (secondary N) is 2. The zero-order valence-corrected chi connectivity index (χ0v) is 30.7. The Hall–Kier alpha value is -4.28. The maximum atomic E-state index is 15.9. The molecule has 0 radical (unpaired) electrons. The quantitative estimate of drug-likeness (QED) is 0.214. The van der Waals surface area contributed by atoms with E-state index < -0.39 is 0 Å². The van der Waals surface area contributed by atoms with Gasteiger partial charge < -0.3 is 20.1 Å². The number of piperidine rings is 1. The molecule has 0 unspecified atom stereocenters. The number of aryl methyl sites for hydroxylation is 2. The molecular weight excluding hydrogens is 641 g/mol. The number of benzene rings is 1. The van der Waals surface area contributed by atoms with E-state index in [0.29, 0.717) is 24.1 Å². The van der Waals surface area contributed by atoms with Crippen molar-refractivity contribution >= 4 is 28.2 Å². The molecule has 5 heterocycles. The summed E-state index contributed by atoms with van der Waals surface area (Å²) in [6.45, 7) is 7.80. The number of nitrogens with zero attached hydrogens (tertiary/aromatic N) is 5. The first-order valence-electron chi connectivity index (χ1n) is 18.7. The second-order valence-corrected chi connectivity index (χ2v) is 14.9. The van der Waals surface area contributed by atoms with Crippen molar-refractivity contribution in [1.82, 2.24) is 29.2 Å². The van der Waals surface area contributed by atoms with E-state index in [2.05, 4.69) is 44.2 Å². The number of fused-ring (bicyclic) bond motifs is 1. The van der Waals surface area contributed by atoms with Gasteiger partial charge in [-0.3, -0.25) is 19.1 Å². The first-order valence-corrected chi connectivity index (χ1v) is 18.7. The van der Waals surface area contributed by atoms with Crippen LogP contribution in [0.3, 0.4) is 0 Å². The van der Waals surface area contributed by atoms with Crippen molar-refractivity contribution in [3.63, 3.8) is 0 Å². The molecule has 10 heteroatoms. The van der Waals surface area contributed by atoms with E-state index in [1.165, 1.54) is 31.7 Å². The van der Waals surface area contributed by atoms with Crippen LogP contribution in [0.4, 0.5) is 10.1 Å². The number of hydrogen-bond donors (Lipinski definition) is 2. The normalized spacial score (nSPS) is 21.0. The lowest BCUT2D eigenvalue weighted by atomic mass is 9.74. The molecule has 2 fully saturated rings. The zero-order valence-electron chi connectivity index (χ0n) is 30.7. The summed E-state index contributed by atoms with van der Waals surface area (Å²) in [5.74, 6) is 1.18. The number of halogens is 1. The van der Waals surface area contributed by atoms with Crippen molar-refractivity contribution in [3.05, 3.63) is 93.4 Å². The fraction of sp³-hybridized carbons (Fsp3) is 0.488. The molecule has 1 aromatic carbocycles. The predicted molar refractivity (Wildman–Crippen MR) is 203 cm³/mol. The Balaban J connectivity index is 1.03. The highest BCUT2D eigenvalue weighted by Gasteiger charge is 2.32. The number of carbonyl (C=O) groups is 1. The van der Waals surface area contributed by atoms with Gasteiger partial charge in [-0.05, 0) is 125 Å². The largest absolute Gasteiger partial charge is 0.388 e. The number of carbonyl (C=O) groups excluding carboxylic acids is 1. The van der Waals surface area contributed by atoms with Gasteiger partial charge in [0, 0.05) is 92.7 Å². The lowest BCUT2D eigenvalue weighted by Gasteiger charge is -2.39. The van der Waals surface area contributed by atoms with Crippen LogP contribution in [0, 0.1) is 24.6 Å². The molecule has 3 aromatic heterocycles. The molecule has 0 spiro atoms. The molecule has 7 rings (SSSR count). The van der Waals surface area contributed by atoms with Crippen LogP contribution >= 0.6 is 0 Å². The first-order chi connectivity index (χ1) is 24.6. The molecule has 0 bridgehead atoms. The minimum atomic E-state index is -0.320. The zero-order chi connectivity index (χ0) is 35.8. The Kier molecular flexibility index (Phi) is 10.2. The van der Waals surface area contributed by atoms with Crippen LogP contribution in [0.25, 0.3) is 22.3 Å². The Morgan fingerprint density at radius 2 is 1.80 bits per heavy atom. The number of pyridine rings is 2. The second-order valence-electron chi connectivity index (χ2n) is 14.9. The summed E-state index contributed by atoms with van der Waals surface area (Å²) in [6.07, 6.45) is 13.3. The van der Waals surface area contributed by atoms with Crippen LogP contribution in [0.5, 0.6) is 0 Å². The van der Waals surface area contributed by atoms with Gasteiger partial charge in [0.1, 0.15) is 11.5 Å². The van der Waals surface area contributed by atoms with E-state index in [4.69, 9.17) is 0 Å². The second kappa shape index (κ2) is 14.8. The molecule has 4 aromatic rings. The molecule has 1 atom stereocenters. The highest BCUT2D eigenvalue weighted by Crippen LogP contribution is 2.37. The highest BCUT2D eigenvalue weighted by molar-refractivity contribution is 5.95. The molecule has 3 aliphatic rings. The fourth-order valence-corrected chi connectivity index (χ4v) is 9.04. The summed E-state index contributed by atoms with van der Waals surface area (Å²) >= 11 is 0. The molecule has 1 amide bonds. The van der Waals surface area contributed by atoms with E-state index in [9.17, 15) is 9.59 Å². The van der Waals surface area contributed by atoms with Crippen LogP contribution in [0.2, 0.25) is 0 Å². The standard InChI is InChI=1S/C41H52FN7O2/c1-26-22-31(41(51)46(4)33-8-6-28(7-9-33)29-10-16-44-17-11-29)23-35(42)39(26)30-13-19-48(20-14-30)27(2)37-25-34-36(12-18-45-40(34)47(37)5)49-21-15-32(43-3)24-38(49)50/h12-13,15,18,21-25,27-29,33,43-44H,6-11,14,16-17,19-20H2,1-5H3/t27-,28?,33?/m0/s1. The van der Waals surface area contributed by atoms with Crippen LogP contribution in [-0.4, -0.2) is 76.1 Å². The molecule has 1 saturated carbocycles. The van der Waals surface area contributed by atoms with Gasteiger partial charge in [0.05, 0.1) is 5.69 Å². The Morgan fingerprint density at radius 1 is 1.06 bits per heavy atom. The van der Waals surface area contributed by atoms with Crippen molar-refractivity contribution < 1.29 is 9.18 Å². The first kappa shape index (κ1) is 35.1. The van der Waals surface area contributed by atoms with Crippen molar-refractivity contribution in [2.24, 2.45) is 18.9 Å². The summed E-state index contributed by atoms with van der Waals surface area (Å²) in [4.78, 5) is 35.5. The highest BCUT2D eigenvalue weighted by atomic mass is 19.1. The molecule has 2 N–H and O–H groups in total. The minimum absolute atomic E-state index is 0.0643. The van der Waals surface area contributed by atoms with Gasteiger partial charge in [0.2, 0.25) is 0 Å². The Labute approximate surface area is 300 Å². The van der Waals surface area contributed by atoms with Gasteiger partial charge in [-0.25, -0.2) is 9.37 Å². The average molecular weight is 694 g/mol. The fourth-order valence-electron chi connectivity index (χ4n) is 9.04. The maximum absolute atomic E-state index is 15.9. The lowest BCUT2D eigenvalue weighted by Crippen LogP contribution is -2.41. The van der Waals surface area contributed by atoms with Gasteiger partial charge in [-0.2, -0.15) is 0 Å². The van der Waals surface area contributed by atoms with Crippen LogP contribution in [0.1, 0.15) is 85.1 Å². The number of rotatable bonds is 8. The molecule has 1 saturated heterocycles. The summed E-state index contributed by atoms with van der Waals surface area (Å²) in [5.41, 5.74) is 6.21. The maximum Gasteiger partial charge on any atom is 0.257 e. The van der Waals surface area contributed by atoms with Gasteiger partial charge in [0.25, 0.3) is 11.5 Å². The number of hydrogen-bond acceptors (Lipinski definition) is 6. The molecular formula is C41H52FN7O2. The lowest BCUT2D eigenvalue weighted by molar-refractivity contribution is 0.0645. The molecule has 270 valence electrons. The number of amides is 1. The third kappa shape index (κ3) is 6.88. The van der Waals surface area contributed by atoms with Crippen LogP contribution in [0.15, 0.2) is 59.7 Å². The van der Waals surface area contributed by atoms with Crippen LogP contribution in [-0.2, 0) is 7.05 Å². The Bertz CT molecular complexity index is 1980. The van der Waals surface area contributed by atoms with Gasteiger partial charge in [-0.1, -0.05) is 6.08 Å². The third-order valence-electron chi connectivity index (χ3n) is 12.1. The van der Waals surface area contributed by atoms with E-state index in [0.717, 1.165) is 83.6 Å². The predicted octanol–water partition coefficient (Wildman–Crippen LogP) is 6.69. The minimum Gasteiger partial charge on any atom is -0.388 e. The van der Waals surface area contributed by atoms with Crippen molar-refractivity contribution in [2.75, 3.05) is 45.6 Å². The molecule has 2 aliphatic heterocycles. The number of anilines is 1. The van der Waals surface area contributed by atoms with Crippen molar-refractivity contribution in [1.29, 1.82) is 0 Å². The summed E-state index contributed by atoms with van der Waals surface area (Å²) in [7, 11) is 5.71. The van der Waals surface area contributed by atoms with E-state index in [-0.39, 0.29) is 29.4 Å². The smallest absolute Gasteiger partial charge is 0.257 e. The topological polar surface area (TPSA) is 87.4 Å². The van der Waals surface area contributed by atoms with Crippen LogP contribution < -0.4 is 16.2 Å². The molecule has 1 aliphatic carbocycles. The van der Waals surface area contributed by atoms with E-state index in [1.807, 2.05) is 44.1 Å². The molecule has 9 nitrogen and oxygen atoms in total. The third-order valence-corrected chi connectivity index (χ3v) is 12.1. The SMILES string of the molecule is CNc1ccn(-c2ccnc3c2cc([C@H](C)N2CC=C(c4c(C)cc(C(=O)N(C)C5CCC(C6CCNCC6)CC5)cc4F)CC2)n3C)c(=O)c1. The Morgan fingerprint density at radius 3 is 2.47 bits per heavy atom. The summed E-state index contributed by atoms with van der Waals surface area (Å²) in [6, 6.07) is 11.1. The van der Waals surface area contributed by atoms with Crippen molar-refractivity contribution in [3.8, 4) is 5.69 Å². The molecule has 51 heavy (non-hydrogen) atoms. The summed E-state index contributed by atoms with van der Waals surface area (Å²) in [5, 5.41) is 7.41. The van der Waals surface area contributed by atoms with E-state index >= 15 is 4.39 Å². The summed E-state index contributed by atoms with van der Waals surface area (Å²) < 4.78 is 19.7. The number of aromatic nitrogens is 3. The van der Waals surface area contributed by atoms with Gasteiger partial charge >= 0.3 is 0 Å². The monoisotopic (exact) mass is 693 g/mol. The van der Waals surface area contributed by atoms with Crippen molar-refractivity contribution in [2.45, 2.75) is 70.9 Å². The van der Waals surface area contributed by atoms with E-state index in [1.54, 1.807) is 30.1 Å². The average Bonchev–Trinajstić information content (AvgIpc) is 3.50. The van der Waals surface area contributed by atoms with Gasteiger partial charge in [0.15, 0.2) is 0 Å². The van der Waals surface area contributed by atoms with Gasteiger partial charge in [-0.15, -0.1) is 0 Å².